The van der Waals surface area contributed by atoms with Crippen molar-refractivity contribution < 1.29 is 9.90 Å². The Labute approximate surface area is 95.7 Å². The number of aryl methyl sites for hydroxylation is 1. The predicted octanol–water partition coefficient (Wildman–Crippen LogP) is 1.59. The van der Waals surface area contributed by atoms with Crippen molar-refractivity contribution in [3.8, 4) is 0 Å². The molecule has 0 radical (unpaired) electrons. The lowest BCUT2D eigenvalue weighted by Crippen LogP contribution is -2.63. The molecule has 0 saturated carbocycles. The van der Waals surface area contributed by atoms with E-state index in [-0.39, 0.29) is 5.91 Å². The predicted molar refractivity (Wildman–Crippen MR) is 62.3 cm³/mol. The van der Waals surface area contributed by atoms with E-state index in [4.69, 9.17) is 0 Å². The van der Waals surface area contributed by atoms with Crippen LogP contribution in [0.3, 0.4) is 0 Å². The third-order valence-electron chi connectivity index (χ3n) is 3.29. The topological polar surface area (TPSA) is 40.5 Å². The highest BCUT2D eigenvalue weighted by atomic mass is 16.3. The molecule has 1 amide bonds. The zero-order chi connectivity index (χ0) is 11.8. The van der Waals surface area contributed by atoms with E-state index in [0.29, 0.717) is 19.5 Å². The summed E-state index contributed by atoms with van der Waals surface area (Å²) < 4.78 is 0. The van der Waals surface area contributed by atoms with Gasteiger partial charge in [-0.25, -0.2) is 0 Å². The minimum absolute atomic E-state index is 0.0243. The summed E-state index contributed by atoms with van der Waals surface area (Å²) in [5.41, 5.74) is 1.07. The second-order valence-corrected chi connectivity index (χ2v) is 4.55. The first-order valence-corrected chi connectivity index (χ1v) is 5.63. The van der Waals surface area contributed by atoms with E-state index < -0.39 is 5.60 Å². The second kappa shape index (κ2) is 3.91. The molecule has 1 fully saturated rings. The SMILES string of the molecule is CCC1(O)CN(C(=O)c2ccccc2C)C1. The van der Waals surface area contributed by atoms with E-state index in [1.54, 1.807) is 4.90 Å². The van der Waals surface area contributed by atoms with Crippen LogP contribution in [0.1, 0.15) is 29.3 Å². The maximum Gasteiger partial charge on any atom is 0.254 e. The molecule has 0 aliphatic carbocycles. The molecule has 3 nitrogen and oxygen atoms in total. The van der Waals surface area contributed by atoms with Crippen LogP contribution >= 0.6 is 0 Å². The Kier molecular flexibility index (Phi) is 2.72. The van der Waals surface area contributed by atoms with E-state index in [1.807, 2.05) is 38.1 Å². The fraction of sp³-hybridized carbons (Fsp3) is 0.462. The number of carbonyl (C=O) groups excluding carboxylic acids is 1. The fourth-order valence-corrected chi connectivity index (χ4v) is 2.01. The molecule has 1 aliphatic heterocycles. The maximum absolute atomic E-state index is 12.1. The molecule has 0 unspecified atom stereocenters. The number of rotatable bonds is 2. The molecule has 0 bridgehead atoms. The largest absolute Gasteiger partial charge is 0.386 e. The number of likely N-dealkylation sites (tertiary alicyclic amines) is 1. The standard InChI is InChI=1S/C13H17NO2/c1-3-13(16)8-14(9-13)12(15)11-7-5-4-6-10(11)2/h4-7,16H,3,8-9H2,1-2H3. The van der Waals surface area contributed by atoms with Crippen LogP contribution in [0.5, 0.6) is 0 Å². The van der Waals surface area contributed by atoms with Gasteiger partial charge in [0.2, 0.25) is 0 Å². The van der Waals surface area contributed by atoms with Gasteiger partial charge in [0.1, 0.15) is 0 Å². The number of nitrogens with zero attached hydrogens (tertiary/aromatic N) is 1. The molecule has 0 aromatic heterocycles. The molecule has 1 aliphatic rings. The van der Waals surface area contributed by atoms with Crippen molar-refractivity contribution in [3.63, 3.8) is 0 Å². The minimum atomic E-state index is -0.654. The number of benzene rings is 1. The monoisotopic (exact) mass is 219 g/mol. The first kappa shape index (κ1) is 11.1. The number of hydrogen-bond donors (Lipinski definition) is 1. The van der Waals surface area contributed by atoms with Gasteiger partial charge in [0.25, 0.3) is 5.91 Å². The highest BCUT2D eigenvalue weighted by Crippen LogP contribution is 2.26. The lowest BCUT2D eigenvalue weighted by atomic mass is 9.90. The lowest BCUT2D eigenvalue weighted by Gasteiger charge is -2.46. The smallest absolute Gasteiger partial charge is 0.254 e. The van der Waals surface area contributed by atoms with E-state index in [0.717, 1.165) is 11.1 Å². The van der Waals surface area contributed by atoms with E-state index >= 15 is 0 Å². The maximum atomic E-state index is 12.1. The van der Waals surface area contributed by atoms with Crippen LogP contribution in [0.15, 0.2) is 24.3 Å². The van der Waals surface area contributed by atoms with Gasteiger partial charge in [-0.2, -0.15) is 0 Å². The van der Waals surface area contributed by atoms with Crippen LogP contribution in [0.2, 0.25) is 0 Å². The van der Waals surface area contributed by atoms with Crippen molar-refractivity contribution in [2.75, 3.05) is 13.1 Å². The van der Waals surface area contributed by atoms with Crippen LogP contribution in [-0.2, 0) is 0 Å². The van der Waals surface area contributed by atoms with E-state index in [2.05, 4.69) is 0 Å². The summed E-state index contributed by atoms with van der Waals surface area (Å²) >= 11 is 0. The second-order valence-electron chi connectivity index (χ2n) is 4.55. The normalized spacial score (nSPS) is 18.1. The third-order valence-corrected chi connectivity index (χ3v) is 3.29. The summed E-state index contributed by atoms with van der Waals surface area (Å²) in [4.78, 5) is 13.8. The van der Waals surface area contributed by atoms with Crippen molar-refractivity contribution in [2.24, 2.45) is 0 Å². The van der Waals surface area contributed by atoms with Gasteiger partial charge in [0.15, 0.2) is 0 Å². The average Bonchev–Trinajstić information content (AvgIpc) is 2.24. The molecule has 2 rings (SSSR count). The zero-order valence-electron chi connectivity index (χ0n) is 9.73. The Hall–Kier alpha value is -1.35. The third kappa shape index (κ3) is 1.83. The Balaban J connectivity index is 2.09. The minimum Gasteiger partial charge on any atom is -0.386 e. The number of hydrogen-bond acceptors (Lipinski definition) is 2. The molecule has 0 spiro atoms. The summed E-state index contributed by atoms with van der Waals surface area (Å²) in [7, 11) is 0. The summed E-state index contributed by atoms with van der Waals surface area (Å²) in [6, 6.07) is 7.55. The Morgan fingerprint density at radius 2 is 2.06 bits per heavy atom. The summed E-state index contributed by atoms with van der Waals surface area (Å²) in [5.74, 6) is 0.0243. The van der Waals surface area contributed by atoms with Gasteiger partial charge in [0, 0.05) is 5.56 Å². The van der Waals surface area contributed by atoms with Crippen molar-refractivity contribution in [3.05, 3.63) is 35.4 Å². The quantitative estimate of drug-likeness (QED) is 0.820. The molecule has 1 saturated heterocycles. The van der Waals surface area contributed by atoms with Gasteiger partial charge in [-0.1, -0.05) is 25.1 Å². The molecule has 1 heterocycles. The molecular weight excluding hydrogens is 202 g/mol. The molecule has 0 atom stereocenters. The van der Waals surface area contributed by atoms with Gasteiger partial charge in [-0.15, -0.1) is 0 Å². The molecule has 1 N–H and O–H groups in total. The van der Waals surface area contributed by atoms with Gasteiger partial charge >= 0.3 is 0 Å². The number of β-amino-alcohol motifs (C(OH)–C–C–N with tert-alkyl or cyclic N) is 1. The number of carbonyl (C=O) groups is 1. The molecule has 1 aromatic carbocycles. The highest BCUT2D eigenvalue weighted by molar-refractivity contribution is 5.96. The van der Waals surface area contributed by atoms with Crippen molar-refractivity contribution in [1.29, 1.82) is 0 Å². The Morgan fingerprint density at radius 3 is 2.62 bits per heavy atom. The van der Waals surface area contributed by atoms with Gasteiger partial charge in [0.05, 0.1) is 18.7 Å². The van der Waals surface area contributed by atoms with Crippen LogP contribution < -0.4 is 0 Å². The number of aliphatic hydroxyl groups is 1. The Morgan fingerprint density at radius 1 is 1.44 bits per heavy atom. The molecule has 86 valence electrons. The number of amides is 1. The van der Waals surface area contributed by atoms with Crippen LogP contribution in [0.4, 0.5) is 0 Å². The van der Waals surface area contributed by atoms with Crippen LogP contribution in [0.25, 0.3) is 0 Å². The fourth-order valence-electron chi connectivity index (χ4n) is 2.01. The van der Waals surface area contributed by atoms with Crippen molar-refractivity contribution in [2.45, 2.75) is 25.9 Å². The summed E-state index contributed by atoms with van der Waals surface area (Å²) in [5, 5.41) is 9.86. The van der Waals surface area contributed by atoms with E-state index in [1.165, 1.54) is 0 Å². The zero-order valence-corrected chi connectivity index (χ0v) is 9.73. The van der Waals surface area contributed by atoms with Crippen molar-refractivity contribution >= 4 is 5.91 Å². The Bertz CT molecular complexity index is 408. The van der Waals surface area contributed by atoms with Gasteiger partial charge in [-0.05, 0) is 25.0 Å². The molecule has 3 heteroatoms. The van der Waals surface area contributed by atoms with Crippen molar-refractivity contribution in [1.82, 2.24) is 4.90 Å². The first-order chi connectivity index (χ1) is 7.56. The van der Waals surface area contributed by atoms with Gasteiger partial charge < -0.3 is 10.0 Å². The molecule has 1 aromatic rings. The average molecular weight is 219 g/mol. The first-order valence-electron chi connectivity index (χ1n) is 5.63. The molecule has 16 heavy (non-hydrogen) atoms. The highest BCUT2D eigenvalue weighted by Gasteiger charge is 2.42. The summed E-state index contributed by atoms with van der Waals surface area (Å²) in [6.45, 7) is 4.78. The summed E-state index contributed by atoms with van der Waals surface area (Å²) in [6.07, 6.45) is 0.699. The van der Waals surface area contributed by atoms with E-state index in [9.17, 15) is 9.90 Å². The van der Waals surface area contributed by atoms with Crippen LogP contribution in [-0.4, -0.2) is 34.6 Å². The molecular formula is C13H17NO2. The van der Waals surface area contributed by atoms with Gasteiger partial charge in [-0.3, -0.25) is 4.79 Å². The lowest BCUT2D eigenvalue weighted by molar-refractivity contribution is -0.0826. The van der Waals surface area contributed by atoms with Crippen LogP contribution in [0, 0.1) is 6.92 Å².